The molecule has 0 atom stereocenters. The zero-order chi connectivity index (χ0) is 17.1. The molecule has 0 amide bonds. The minimum atomic E-state index is -2.60. The Kier molecular flexibility index (Phi) is 4.85. The van der Waals surface area contributed by atoms with Crippen LogP contribution in [0.5, 0.6) is 0 Å². The van der Waals surface area contributed by atoms with E-state index in [4.69, 9.17) is 0 Å². The number of hydrogen-bond donors (Lipinski definition) is 1. The van der Waals surface area contributed by atoms with Crippen LogP contribution in [-0.4, -0.2) is 23.1 Å². The molecule has 2 aromatic carbocycles. The van der Waals surface area contributed by atoms with Crippen molar-refractivity contribution in [3.8, 4) is 16.9 Å². The molecule has 3 rings (SSSR count). The zero-order valence-corrected chi connectivity index (χ0v) is 14.1. The Morgan fingerprint density at radius 3 is 2.25 bits per heavy atom. The topological polar surface area (TPSA) is 29.9 Å². The minimum absolute atomic E-state index is 0.225. The molecule has 1 aromatic heterocycles. The van der Waals surface area contributed by atoms with Crippen molar-refractivity contribution in [2.24, 2.45) is 0 Å². The monoisotopic (exact) mass is 345 g/mol. The average Bonchev–Trinajstić information content (AvgIpc) is 3.07. The molecule has 0 saturated carbocycles. The Balaban J connectivity index is 2.09. The predicted octanol–water partition coefficient (Wildman–Crippen LogP) is 5.24. The van der Waals surface area contributed by atoms with Gasteiger partial charge >= 0.3 is 0 Å². The molecule has 1 N–H and O–H groups in total. The van der Waals surface area contributed by atoms with Crippen molar-refractivity contribution in [3.05, 3.63) is 60.3 Å². The molecule has 124 valence electrons. The maximum Gasteiger partial charge on any atom is 0.282 e. The molecule has 0 radical (unpaired) electrons. The largest absolute Gasteiger partial charge is 0.388 e. The smallest absolute Gasteiger partial charge is 0.282 e. The first-order valence-corrected chi connectivity index (χ1v) is 8.65. The third-order valence-corrected chi connectivity index (χ3v) is 4.48. The van der Waals surface area contributed by atoms with Gasteiger partial charge in [-0.15, -0.1) is 11.8 Å². The van der Waals surface area contributed by atoms with Crippen molar-refractivity contribution in [3.63, 3.8) is 0 Å². The minimum Gasteiger partial charge on any atom is -0.388 e. The van der Waals surface area contributed by atoms with Crippen molar-refractivity contribution >= 4 is 17.4 Å². The summed E-state index contributed by atoms with van der Waals surface area (Å²) < 4.78 is 27.8. The van der Waals surface area contributed by atoms with Crippen LogP contribution in [0.2, 0.25) is 0 Å². The number of benzene rings is 2. The summed E-state index contributed by atoms with van der Waals surface area (Å²) in [4.78, 5) is 1.12. The highest BCUT2D eigenvalue weighted by molar-refractivity contribution is 7.98. The highest BCUT2D eigenvalue weighted by Crippen LogP contribution is 2.29. The second-order valence-electron chi connectivity index (χ2n) is 5.19. The van der Waals surface area contributed by atoms with Crippen molar-refractivity contribution in [2.75, 3.05) is 18.6 Å². The second-order valence-corrected chi connectivity index (χ2v) is 6.07. The molecule has 0 aliphatic carbocycles. The third-order valence-electron chi connectivity index (χ3n) is 3.74. The van der Waals surface area contributed by atoms with Gasteiger partial charge in [0.2, 0.25) is 0 Å². The van der Waals surface area contributed by atoms with E-state index in [-0.39, 0.29) is 5.69 Å². The Hall–Kier alpha value is -2.34. The fraction of sp³-hybridized carbons (Fsp3) is 0.167. The molecule has 0 fully saturated rings. The van der Waals surface area contributed by atoms with Gasteiger partial charge in [-0.1, -0.05) is 12.1 Å². The molecular formula is C18H17F2N3S. The Labute approximate surface area is 143 Å². The lowest BCUT2D eigenvalue weighted by molar-refractivity contribution is 0.145. The molecule has 24 heavy (non-hydrogen) atoms. The van der Waals surface area contributed by atoms with E-state index in [1.165, 1.54) is 6.07 Å². The van der Waals surface area contributed by atoms with Gasteiger partial charge in [-0.2, -0.15) is 5.10 Å². The number of aromatic nitrogens is 2. The maximum absolute atomic E-state index is 13.1. The maximum atomic E-state index is 13.1. The summed E-state index contributed by atoms with van der Waals surface area (Å²) in [7, 11) is 1.83. The predicted molar refractivity (Wildman–Crippen MR) is 95.3 cm³/mol. The van der Waals surface area contributed by atoms with Crippen LogP contribution in [0.1, 0.15) is 12.1 Å². The first-order chi connectivity index (χ1) is 11.6. The summed E-state index contributed by atoms with van der Waals surface area (Å²) in [6.07, 6.45) is -0.607. The van der Waals surface area contributed by atoms with Crippen LogP contribution < -0.4 is 5.32 Å². The molecular weight excluding hydrogens is 328 g/mol. The first-order valence-electron chi connectivity index (χ1n) is 7.43. The molecule has 0 unspecified atom stereocenters. The molecule has 3 aromatic rings. The SMILES string of the molecule is CNc1ccc(-n2nc(C(F)F)cc2-c2ccc(SC)cc2)cc1. The van der Waals surface area contributed by atoms with Gasteiger partial charge in [0, 0.05) is 23.2 Å². The summed E-state index contributed by atoms with van der Waals surface area (Å²) in [5.74, 6) is 0. The highest BCUT2D eigenvalue weighted by atomic mass is 32.2. The third kappa shape index (κ3) is 3.28. The number of thioether (sulfide) groups is 1. The number of hydrogen-bond acceptors (Lipinski definition) is 3. The fourth-order valence-electron chi connectivity index (χ4n) is 2.44. The summed E-state index contributed by atoms with van der Waals surface area (Å²) in [6.45, 7) is 0. The molecule has 0 saturated heterocycles. The van der Waals surface area contributed by atoms with Gasteiger partial charge in [-0.05, 0) is 48.7 Å². The summed E-state index contributed by atoms with van der Waals surface area (Å²) in [5, 5.41) is 7.13. The van der Waals surface area contributed by atoms with E-state index in [1.54, 1.807) is 16.4 Å². The van der Waals surface area contributed by atoms with E-state index in [2.05, 4.69) is 10.4 Å². The highest BCUT2D eigenvalue weighted by Gasteiger charge is 2.17. The molecule has 1 heterocycles. The van der Waals surface area contributed by atoms with Crippen LogP contribution in [0.15, 0.2) is 59.5 Å². The Morgan fingerprint density at radius 1 is 1.04 bits per heavy atom. The number of halogens is 2. The van der Waals surface area contributed by atoms with Gasteiger partial charge in [0.05, 0.1) is 11.4 Å². The number of rotatable bonds is 5. The van der Waals surface area contributed by atoms with Crippen LogP contribution in [0.4, 0.5) is 14.5 Å². The molecule has 0 bridgehead atoms. The van der Waals surface area contributed by atoms with Crippen LogP contribution in [0.3, 0.4) is 0 Å². The van der Waals surface area contributed by atoms with Crippen molar-refractivity contribution < 1.29 is 8.78 Å². The average molecular weight is 345 g/mol. The lowest BCUT2D eigenvalue weighted by Gasteiger charge is -2.09. The van der Waals surface area contributed by atoms with Crippen LogP contribution in [0.25, 0.3) is 16.9 Å². The van der Waals surface area contributed by atoms with Gasteiger partial charge in [0.25, 0.3) is 6.43 Å². The van der Waals surface area contributed by atoms with Gasteiger partial charge in [0.1, 0.15) is 5.69 Å². The Bertz CT molecular complexity index is 746. The summed E-state index contributed by atoms with van der Waals surface area (Å²) in [5.41, 5.74) is 2.97. The normalized spacial score (nSPS) is 11.0. The standard InChI is InChI=1S/C18H17F2N3S/c1-21-13-5-7-14(8-6-13)23-17(11-16(22-23)18(19)20)12-3-9-15(24-2)10-4-12/h3-11,18,21H,1-2H3. The van der Waals surface area contributed by atoms with E-state index < -0.39 is 6.43 Å². The van der Waals surface area contributed by atoms with E-state index >= 15 is 0 Å². The van der Waals surface area contributed by atoms with E-state index in [9.17, 15) is 8.78 Å². The van der Waals surface area contributed by atoms with Crippen LogP contribution >= 0.6 is 11.8 Å². The molecule has 0 spiro atoms. The lowest BCUT2D eigenvalue weighted by atomic mass is 10.1. The summed E-state index contributed by atoms with van der Waals surface area (Å²) in [6, 6.07) is 16.7. The lowest BCUT2D eigenvalue weighted by Crippen LogP contribution is -2.00. The van der Waals surface area contributed by atoms with E-state index in [0.717, 1.165) is 21.8 Å². The summed E-state index contributed by atoms with van der Waals surface area (Å²) >= 11 is 1.64. The van der Waals surface area contributed by atoms with Crippen molar-refractivity contribution in [1.29, 1.82) is 0 Å². The van der Waals surface area contributed by atoms with Crippen LogP contribution in [0, 0.1) is 0 Å². The molecule has 3 nitrogen and oxygen atoms in total. The van der Waals surface area contributed by atoms with E-state index in [1.807, 2.05) is 61.8 Å². The van der Waals surface area contributed by atoms with Gasteiger partial charge in [-0.25, -0.2) is 13.5 Å². The molecule has 0 aliphatic rings. The van der Waals surface area contributed by atoms with Gasteiger partial charge in [0.15, 0.2) is 0 Å². The number of anilines is 1. The van der Waals surface area contributed by atoms with Gasteiger partial charge in [-0.3, -0.25) is 0 Å². The van der Waals surface area contributed by atoms with Crippen LogP contribution in [-0.2, 0) is 0 Å². The quantitative estimate of drug-likeness (QED) is 0.641. The second kappa shape index (κ2) is 7.05. The van der Waals surface area contributed by atoms with Gasteiger partial charge < -0.3 is 5.32 Å². The number of nitrogens with zero attached hydrogens (tertiary/aromatic N) is 2. The Morgan fingerprint density at radius 2 is 1.71 bits per heavy atom. The number of nitrogens with one attached hydrogen (secondary N) is 1. The van der Waals surface area contributed by atoms with Crippen molar-refractivity contribution in [1.82, 2.24) is 9.78 Å². The van der Waals surface area contributed by atoms with Crippen molar-refractivity contribution in [2.45, 2.75) is 11.3 Å². The number of alkyl halides is 2. The molecule has 6 heteroatoms. The van der Waals surface area contributed by atoms with E-state index in [0.29, 0.717) is 5.69 Å². The first kappa shape index (κ1) is 16.5. The zero-order valence-electron chi connectivity index (χ0n) is 13.3. The fourth-order valence-corrected chi connectivity index (χ4v) is 2.85. The molecule has 0 aliphatic heterocycles.